The fraction of sp³-hybridized carbons (Fsp3) is 0. The van der Waals surface area contributed by atoms with Crippen LogP contribution in [-0.2, 0) is 0 Å². The summed E-state index contributed by atoms with van der Waals surface area (Å²) in [6, 6.07) is 1.97. The summed E-state index contributed by atoms with van der Waals surface area (Å²) >= 11 is 2.92. The molecule has 13 heavy (non-hydrogen) atoms. The van der Waals surface area contributed by atoms with Gasteiger partial charge in [0.1, 0.15) is 9.88 Å². The van der Waals surface area contributed by atoms with Crippen LogP contribution in [0.1, 0.15) is 9.67 Å². The molecule has 3 nitrogen and oxygen atoms in total. The fourth-order valence-corrected chi connectivity index (χ4v) is 2.39. The Morgan fingerprint density at radius 2 is 2.38 bits per heavy atom. The molecule has 2 aromatic heterocycles. The second-order valence-electron chi connectivity index (χ2n) is 2.41. The van der Waals surface area contributed by atoms with E-state index in [0.29, 0.717) is 4.88 Å². The van der Waals surface area contributed by atoms with Crippen molar-refractivity contribution in [3.8, 4) is 10.6 Å². The van der Waals surface area contributed by atoms with E-state index in [4.69, 9.17) is 5.73 Å². The summed E-state index contributed by atoms with van der Waals surface area (Å²) in [4.78, 5) is 15.4. The van der Waals surface area contributed by atoms with Gasteiger partial charge < -0.3 is 5.73 Å². The number of carbonyl (C=O) groups is 1. The normalized spacial score (nSPS) is 10.2. The quantitative estimate of drug-likeness (QED) is 0.823. The number of hydrogen-bond donors (Lipinski definition) is 1. The lowest BCUT2D eigenvalue weighted by atomic mass is 10.4. The maximum Gasteiger partial charge on any atom is 0.260 e. The number of primary amides is 1. The highest BCUT2D eigenvalue weighted by Crippen LogP contribution is 2.26. The zero-order valence-corrected chi connectivity index (χ0v) is 8.19. The molecular formula is C8H6N2OS2. The Bertz CT molecular complexity index is 419. The molecule has 0 aliphatic carbocycles. The zero-order chi connectivity index (χ0) is 9.26. The van der Waals surface area contributed by atoms with E-state index in [0.717, 1.165) is 10.6 Å². The summed E-state index contributed by atoms with van der Waals surface area (Å²) in [7, 11) is 0. The first-order valence-electron chi connectivity index (χ1n) is 3.55. The van der Waals surface area contributed by atoms with Crippen molar-refractivity contribution in [3.05, 3.63) is 27.9 Å². The molecule has 2 aromatic rings. The van der Waals surface area contributed by atoms with Crippen LogP contribution in [0.2, 0.25) is 0 Å². The molecule has 0 radical (unpaired) electrons. The van der Waals surface area contributed by atoms with Crippen LogP contribution in [0.25, 0.3) is 10.6 Å². The second-order valence-corrected chi connectivity index (χ2v) is 4.22. The van der Waals surface area contributed by atoms with Crippen molar-refractivity contribution in [2.45, 2.75) is 0 Å². The lowest BCUT2D eigenvalue weighted by molar-refractivity contribution is 0.100. The Labute approximate surface area is 82.9 Å². The largest absolute Gasteiger partial charge is 0.365 e. The first-order valence-corrected chi connectivity index (χ1v) is 5.31. The number of thiophene rings is 1. The Morgan fingerprint density at radius 1 is 1.54 bits per heavy atom. The van der Waals surface area contributed by atoms with Gasteiger partial charge in [0.05, 0.1) is 6.20 Å². The maximum absolute atomic E-state index is 10.8. The van der Waals surface area contributed by atoms with Gasteiger partial charge in [-0.1, -0.05) is 0 Å². The molecule has 2 rings (SSSR count). The molecule has 0 saturated carbocycles. The number of amides is 1. The van der Waals surface area contributed by atoms with Crippen LogP contribution in [0, 0.1) is 0 Å². The number of hydrogen-bond acceptors (Lipinski definition) is 4. The molecule has 0 aliphatic heterocycles. The minimum Gasteiger partial charge on any atom is -0.365 e. The van der Waals surface area contributed by atoms with E-state index in [-0.39, 0.29) is 0 Å². The van der Waals surface area contributed by atoms with E-state index in [2.05, 4.69) is 4.98 Å². The summed E-state index contributed by atoms with van der Waals surface area (Å²) in [6.07, 6.45) is 1.51. The topological polar surface area (TPSA) is 56.0 Å². The van der Waals surface area contributed by atoms with E-state index >= 15 is 0 Å². The van der Waals surface area contributed by atoms with Gasteiger partial charge in [-0.3, -0.25) is 4.79 Å². The van der Waals surface area contributed by atoms with Crippen LogP contribution in [0.15, 0.2) is 23.0 Å². The van der Waals surface area contributed by atoms with Gasteiger partial charge in [0.2, 0.25) is 0 Å². The van der Waals surface area contributed by atoms with Gasteiger partial charge in [-0.25, -0.2) is 4.98 Å². The number of aromatic nitrogens is 1. The number of thiazole rings is 1. The third kappa shape index (κ3) is 1.61. The van der Waals surface area contributed by atoms with Gasteiger partial charge in [-0.05, 0) is 11.4 Å². The highest BCUT2D eigenvalue weighted by atomic mass is 32.1. The van der Waals surface area contributed by atoms with E-state index in [1.807, 2.05) is 16.8 Å². The van der Waals surface area contributed by atoms with Gasteiger partial charge in [-0.15, -0.1) is 11.3 Å². The SMILES string of the molecule is NC(=O)c1cnc(-c2ccsc2)s1. The highest BCUT2D eigenvalue weighted by Gasteiger charge is 2.07. The molecule has 2 N–H and O–H groups in total. The lowest BCUT2D eigenvalue weighted by Crippen LogP contribution is -2.08. The third-order valence-electron chi connectivity index (χ3n) is 1.52. The van der Waals surface area contributed by atoms with Crippen LogP contribution < -0.4 is 5.73 Å². The number of carbonyl (C=O) groups excluding carboxylic acids is 1. The maximum atomic E-state index is 10.8. The molecule has 0 spiro atoms. The third-order valence-corrected chi connectivity index (χ3v) is 3.26. The van der Waals surface area contributed by atoms with Crippen molar-refractivity contribution in [2.24, 2.45) is 5.73 Å². The van der Waals surface area contributed by atoms with E-state index in [1.165, 1.54) is 17.5 Å². The van der Waals surface area contributed by atoms with Gasteiger partial charge >= 0.3 is 0 Å². The van der Waals surface area contributed by atoms with Gasteiger partial charge in [-0.2, -0.15) is 11.3 Å². The van der Waals surface area contributed by atoms with Crippen molar-refractivity contribution in [1.29, 1.82) is 0 Å². The molecule has 0 aliphatic rings. The Kier molecular flexibility index (Phi) is 2.12. The van der Waals surface area contributed by atoms with Crippen molar-refractivity contribution in [1.82, 2.24) is 4.98 Å². The molecule has 2 heterocycles. The molecule has 0 atom stereocenters. The molecule has 1 amide bonds. The number of rotatable bonds is 2. The van der Waals surface area contributed by atoms with Gasteiger partial charge in [0.15, 0.2) is 0 Å². The molecule has 5 heteroatoms. The summed E-state index contributed by atoms with van der Waals surface area (Å²) in [5, 5.41) is 4.81. The van der Waals surface area contributed by atoms with Crippen molar-refractivity contribution in [3.63, 3.8) is 0 Å². The summed E-state index contributed by atoms with van der Waals surface area (Å²) in [5.41, 5.74) is 6.16. The Hall–Kier alpha value is -1.20. The fourth-order valence-electron chi connectivity index (χ4n) is 0.908. The zero-order valence-electron chi connectivity index (χ0n) is 6.56. The Balaban J connectivity index is 2.39. The summed E-state index contributed by atoms with van der Waals surface area (Å²) < 4.78 is 0. The van der Waals surface area contributed by atoms with Crippen LogP contribution in [0.3, 0.4) is 0 Å². The molecular weight excluding hydrogens is 204 g/mol. The standard InChI is InChI=1S/C8H6N2OS2/c9-7(11)6-3-10-8(13-6)5-1-2-12-4-5/h1-4H,(H2,9,11). The van der Waals surface area contributed by atoms with Crippen molar-refractivity contribution >= 4 is 28.6 Å². The Morgan fingerprint density at radius 3 is 2.92 bits per heavy atom. The molecule has 0 aromatic carbocycles. The first-order chi connectivity index (χ1) is 6.27. The van der Waals surface area contributed by atoms with Crippen LogP contribution in [-0.4, -0.2) is 10.9 Å². The van der Waals surface area contributed by atoms with Crippen LogP contribution in [0.5, 0.6) is 0 Å². The van der Waals surface area contributed by atoms with E-state index in [9.17, 15) is 4.79 Å². The monoisotopic (exact) mass is 210 g/mol. The number of nitrogens with zero attached hydrogens (tertiary/aromatic N) is 1. The minimum atomic E-state index is -0.418. The van der Waals surface area contributed by atoms with Gasteiger partial charge in [0.25, 0.3) is 5.91 Å². The first kappa shape index (κ1) is 8.40. The molecule has 0 unspecified atom stereocenters. The van der Waals surface area contributed by atoms with Gasteiger partial charge in [0, 0.05) is 10.9 Å². The van der Waals surface area contributed by atoms with E-state index < -0.39 is 5.91 Å². The minimum absolute atomic E-state index is 0.418. The van der Waals surface area contributed by atoms with E-state index in [1.54, 1.807) is 11.3 Å². The average Bonchev–Trinajstić information content (AvgIpc) is 2.75. The lowest BCUT2D eigenvalue weighted by Gasteiger charge is -1.85. The second kappa shape index (κ2) is 3.27. The van der Waals surface area contributed by atoms with Crippen molar-refractivity contribution in [2.75, 3.05) is 0 Å². The summed E-state index contributed by atoms with van der Waals surface area (Å²) in [5.74, 6) is -0.418. The average molecular weight is 210 g/mol. The predicted octanol–water partition coefficient (Wildman–Crippen LogP) is 1.97. The van der Waals surface area contributed by atoms with Crippen LogP contribution >= 0.6 is 22.7 Å². The molecule has 66 valence electrons. The number of nitrogens with two attached hydrogens (primary N) is 1. The van der Waals surface area contributed by atoms with Crippen LogP contribution in [0.4, 0.5) is 0 Å². The predicted molar refractivity (Wildman–Crippen MR) is 53.9 cm³/mol. The summed E-state index contributed by atoms with van der Waals surface area (Å²) in [6.45, 7) is 0. The van der Waals surface area contributed by atoms with Crippen molar-refractivity contribution < 1.29 is 4.79 Å². The molecule has 0 bridgehead atoms. The molecule has 0 fully saturated rings. The molecule has 0 saturated heterocycles. The smallest absolute Gasteiger partial charge is 0.260 e. The highest BCUT2D eigenvalue weighted by molar-refractivity contribution is 7.17.